The maximum Gasteiger partial charge on any atom is 0.435 e. The van der Waals surface area contributed by atoms with Gasteiger partial charge in [0, 0.05) is 6.54 Å². The Morgan fingerprint density at radius 2 is 1.52 bits per heavy atom. The topological polar surface area (TPSA) is 59.8 Å². The number of nitrogens with one attached hydrogen (secondary N) is 1. The van der Waals surface area contributed by atoms with Crippen LogP contribution in [0.15, 0.2) is 48.5 Å². The molecule has 1 heterocycles. The summed E-state index contributed by atoms with van der Waals surface area (Å²) < 4.78 is 91.7. The van der Waals surface area contributed by atoms with Crippen LogP contribution in [0.25, 0.3) is 5.69 Å². The third-order valence-corrected chi connectivity index (χ3v) is 4.21. The van der Waals surface area contributed by atoms with E-state index < -0.39 is 41.0 Å². The number of rotatable bonds is 5. The average molecular weight is 446 g/mol. The molecule has 0 saturated heterocycles. The number of halogens is 7. The van der Waals surface area contributed by atoms with E-state index >= 15 is 0 Å². The largest absolute Gasteiger partial charge is 0.435 e. The van der Waals surface area contributed by atoms with E-state index in [1.54, 1.807) is 0 Å². The van der Waals surface area contributed by atoms with Crippen LogP contribution in [0.2, 0.25) is 0 Å². The SMILES string of the molecule is O=C(NCCc1ccc(C(F)(F)F)cc1)c1nnn(-c2ccc(F)cc2)c1C(F)(F)F. The molecule has 0 bridgehead atoms. The fourth-order valence-corrected chi connectivity index (χ4v) is 2.72. The number of amides is 1. The molecule has 31 heavy (non-hydrogen) atoms. The normalized spacial score (nSPS) is 12.1. The van der Waals surface area contributed by atoms with Crippen molar-refractivity contribution in [1.29, 1.82) is 0 Å². The minimum Gasteiger partial charge on any atom is -0.350 e. The van der Waals surface area contributed by atoms with E-state index in [4.69, 9.17) is 0 Å². The van der Waals surface area contributed by atoms with E-state index in [1.807, 2.05) is 0 Å². The highest BCUT2D eigenvalue weighted by molar-refractivity contribution is 5.93. The summed E-state index contributed by atoms with van der Waals surface area (Å²) in [6, 6.07) is 8.11. The zero-order chi connectivity index (χ0) is 22.8. The van der Waals surface area contributed by atoms with Gasteiger partial charge in [-0.3, -0.25) is 4.79 Å². The summed E-state index contributed by atoms with van der Waals surface area (Å²) in [5.74, 6) is -1.83. The predicted molar refractivity (Wildman–Crippen MR) is 93.8 cm³/mol. The van der Waals surface area contributed by atoms with Gasteiger partial charge < -0.3 is 5.32 Å². The summed E-state index contributed by atoms with van der Waals surface area (Å²) in [5.41, 5.74) is -2.97. The standard InChI is InChI=1S/C19H13F7N4O/c20-13-5-7-14(8-6-13)30-16(19(24,25)26)15(28-29-30)17(31)27-10-9-11-1-3-12(4-2-11)18(21,22)23/h1-8H,9-10H2,(H,27,31). The lowest BCUT2D eigenvalue weighted by Gasteiger charge is -2.11. The van der Waals surface area contributed by atoms with Gasteiger partial charge in [-0.05, 0) is 48.4 Å². The number of alkyl halides is 6. The molecule has 5 nitrogen and oxygen atoms in total. The summed E-state index contributed by atoms with van der Waals surface area (Å²) in [4.78, 5) is 12.3. The number of aromatic nitrogens is 3. The molecular formula is C19H13F7N4O. The van der Waals surface area contributed by atoms with Gasteiger partial charge in [0.2, 0.25) is 0 Å². The molecule has 0 fully saturated rings. The lowest BCUT2D eigenvalue weighted by molar-refractivity contribution is -0.143. The molecule has 2 aromatic carbocycles. The molecule has 0 radical (unpaired) electrons. The summed E-state index contributed by atoms with van der Waals surface area (Å²) >= 11 is 0. The highest BCUT2D eigenvalue weighted by Gasteiger charge is 2.42. The van der Waals surface area contributed by atoms with Crippen molar-refractivity contribution in [3.05, 3.63) is 76.9 Å². The van der Waals surface area contributed by atoms with Gasteiger partial charge in [-0.15, -0.1) is 5.10 Å². The second kappa shape index (κ2) is 8.36. The predicted octanol–water partition coefficient (Wildman–Crippen LogP) is 4.42. The second-order valence-electron chi connectivity index (χ2n) is 6.37. The van der Waals surface area contributed by atoms with Crippen LogP contribution in [0, 0.1) is 5.82 Å². The molecule has 164 valence electrons. The first-order chi connectivity index (χ1) is 14.5. The van der Waals surface area contributed by atoms with E-state index in [0.29, 0.717) is 10.2 Å². The van der Waals surface area contributed by atoms with Crippen molar-refractivity contribution in [3.8, 4) is 5.69 Å². The molecule has 3 aromatic rings. The van der Waals surface area contributed by atoms with Crippen molar-refractivity contribution in [1.82, 2.24) is 20.3 Å². The van der Waals surface area contributed by atoms with Crippen molar-refractivity contribution in [3.63, 3.8) is 0 Å². The average Bonchev–Trinajstić information content (AvgIpc) is 3.14. The first kappa shape index (κ1) is 22.2. The van der Waals surface area contributed by atoms with E-state index in [2.05, 4.69) is 15.6 Å². The summed E-state index contributed by atoms with van der Waals surface area (Å²) in [6.07, 6.45) is -9.40. The molecule has 0 atom stereocenters. The molecule has 1 aromatic heterocycles. The Bertz CT molecular complexity index is 1050. The number of hydrogen-bond donors (Lipinski definition) is 1. The van der Waals surface area contributed by atoms with Gasteiger partial charge in [-0.1, -0.05) is 17.3 Å². The number of carbonyl (C=O) groups is 1. The van der Waals surface area contributed by atoms with Crippen molar-refractivity contribution < 1.29 is 35.5 Å². The molecule has 3 rings (SSSR count). The molecule has 0 aliphatic carbocycles. The summed E-state index contributed by atoms with van der Waals surface area (Å²) in [7, 11) is 0. The highest BCUT2D eigenvalue weighted by Crippen LogP contribution is 2.33. The van der Waals surface area contributed by atoms with Crippen LogP contribution < -0.4 is 5.32 Å². The number of hydrogen-bond acceptors (Lipinski definition) is 3. The molecule has 0 aliphatic heterocycles. The molecule has 12 heteroatoms. The van der Waals surface area contributed by atoms with Gasteiger partial charge >= 0.3 is 12.4 Å². The Morgan fingerprint density at radius 3 is 2.06 bits per heavy atom. The van der Waals surface area contributed by atoms with Crippen LogP contribution in [0.4, 0.5) is 30.7 Å². The van der Waals surface area contributed by atoms with Crippen LogP contribution in [-0.4, -0.2) is 27.4 Å². The molecule has 0 aliphatic rings. The van der Waals surface area contributed by atoms with Gasteiger partial charge in [0.25, 0.3) is 5.91 Å². The zero-order valence-corrected chi connectivity index (χ0v) is 15.4. The Balaban J connectivity index is 1.74. The maximum atomic E-state index is 13.5. The van der Waals surface area contributed by atoms with E-state index in [9.17, 15) is 35.5 Å². The van der Waals surface area contributed by atoms with Crippen LogP contribution in [0.1, 0.15) is 27.3 Å². The van der Waals surface area contributed by atoms with Gasteiger partial charge in [-0.25, -0.2) is 9.07 Å². The minimum atomic E-state index is -4.99. The maximum absolute atomic E-state index is 13.5. The third kappa shape index (κ3) is 5.19. The Hall–Kier alpha value is -3.44. The van der Waals surface area contributed by atoms with E-state index in [-0.39, 0.29) is 18.7 Å². The van der Waals surface area contributed by atoms with E-state index in [1.165, 1.54) is 12.1 Å². The molecule has 0 saturated carbocycles. The smallest absolute Gasteiger partial charge is 0.350 e. The summed E-state index contributed by atoms with van der Waals surface area (Å²) in [5, 5.41) is 8.91. The number of nitrogens with zero attached hydrogens (tertiary/aromatic N) is 3. The number of benzene rings is 2. The van der Waals surface area contributed by atoms with Crippen molar-refractivity contribution >= 4 is 5.91 Å². The van der Waals surface area contributed by atoms with E-state index in [0.717, 1.165) is 36.4 Å². The van der Waals surface area contributed by atoms with Crippen molar-refractivity contribution in [2.24, 2.45) is 0 Å². The van der Waals surface area contributed by atoms with Crippen molar-refractivity contribution in [2.75, 3.05) is 6.54 Å². The summed E-state index contributed by atoms with van der Waals surface area (Å²) in [6.45, 7) is -0.148. The Labute approximate surface area is 170 Å². The van der Waals surface area contributed by atoms with Gasteiger partial charge in [-0.2, -0.15) is 26.3 Å². The lowest BCUT2D eigenvalue weighted by Crippen LogP contribution is -2.29. The van der Waals surface area contributed by atoms with Gasteiger partial charge in [0.15, 0.2) is 11.4 Å². The zero-order valence-electron chi connectivity index (χ0n) is 15.4. The fourth-order valence-electron chi connectivity index (χ4n) is 2.72. The first-order valence-electron chi connectivity index (χ1n) is 8.70. The molecule has 1 N–H and O–H groups in total. The Morgan fingerprint density at radius 1 is 0.903 bits per heavy atom. The molecule has 0 unspecified atom stereocenters. The van der Waals surface area contributed by atoms with Crippen molar-refractivity contribution in [2.45, 2.75) is 18.8 Å². The fraction of sp³-hybridized carbons (Fsp3) is 0.211. The Kier molecular flexibility index (Phi) is 6.00. The monoisotopic (exact) mass is 446 g/mol. The van der Waals surface area contributed by atoms with Crippen LogP contribution in [0.3, 0.4) is 0 Å². The van der Waals surface area contributed by atoms with Crippen LogP contribution in [0.5, 0.6) is 0 Å². The lowest BCUT2D eigenvalue weighted by atomic mass is 10.1. The second-order valence-corrected chi connectivity index (χ2v) is 6.37. The third-order valence-electron chi connectivity index (χ3n) is 4.21. The quantitative estimate of drug-likeness (QED) is 0.591. The molecule has 0 spiro atoms. The number of carbonyl (C=O) groups excluding carboxylic acids is 1. The molecular weight excluding hydrogens is 433 g/mol. The van der Waals surface area contributed by atoms with Gasteiger partial charge in [0.05, 0.1) is 11.3 Å². The van der Waals surface area contributed by atoms with Gasteiger partial charge in [0.1, 0.15) is 5.82 Å². The highest BCUT2D eigenvalue weighted by atomic mass is 19.4. The minimum absolute atomic E-state index is 0.0807. The first-order valence-corrected chi connectivity index (χ1v) is 8.70. The van der Waals surface area contributed by atoms with Crippen LogP contribution >= 0.6 is 0 Å². The molecule has 1 amide bonds. The van der Waals surface area contributed by atoms with Crippen LogP contribution in [-0.2, 0) is 18.8 Å².